The first kappa shape index (κ1) is 19.0. The lowest BCUT2D eigenvalue weighted by molar-refractivity contribution is 0.0952. The average Bonchev–Trinajstić information content (AvgIpc) is 2.96. The van der Waals surface area contributed by atoms with Crippen molar-refractivity contribution in [1.82, 2.24) is 19.5 Å². The molecule has 0 saturated carbocycles. The first-order valence-corrected chi connectivity index (χ1v) is 10.1. The maximum Gasteiger partial charge on any atom is 0.267 e. The molecule has 7 nitrogen and oxygen atoms in total. The number of carbonyl (C=O) groups is 1. The number of rotatable bonds is 7. The molecule has 0 bridgehead atoms. The maximum atomic E-state index is 11.9. The van der Waals surface area contributed by atoms with Gasteiger partial charge >= 0.3 is 0 Å². The fraction of sp³-hybridized carbons (Fsp3) is 0.688. The van der Waals surface area contributed by atoms with Gasteiger partial charge in [0.1, 0.15) is 5.69 Å². The fourth-order valence-electron chi connectivity index (χ4n) is 3.37. The van der Waals surface area contributed by atoms with E-state index in [0.29, 0.717) is 12.1 Å². The minimum atomic E-state index is -3.16. The molecule has 1 amide bonds. The summed E-state index contributed by atoms with van der Waals surface area (Å²) in [4.78, 5) is 14.3. The highest BCUT2D eigenvalue weighted by molar-refractivity contribution is 7.89. The van der Waals surface area contributed by atoms with Gasteiger partial charge in [0.2, 0.25) is 10.0 Å². The van der Waals surface area contributed by atoms with Crippen LogP contribution in [0.25, 0.3) is 0 Å². The number of hydrogen-bond donors (Lipinski definition) is 2. The summed E-state index contributed by atoms with van der Waals surface area (Å²) >= 11 is 0. The third kappa shape index (κ3) is 4.37. The Morgan fingerprint density at radius 3 is 2.71 bits per heavy atom. The Morgan fingerprint density at radius 2 is 2.04 bits per heavy atom. The van der Waals surface area contributed by atoms with E-state index in [-0.39, 0.29) is 17.7 Å². The third-order valence-corrected chi connectivity index (χ3v) is 6.19. The van der Waals surface area contributed by atoms with E-state index in [0.717, 1.165) is 38.0 Å². The molecule has 2 N–H and O–H groups in total. The first-order valence-electron chi connectivity index (χ1n) is 8.42. The molecule has 0 aliphatic carbocycles. The number of amides is 1. The van der Waals surface area contributed by atoms with E-state index in [1.165, 1.54) is 7.05 Å². The molecule has 1 fully saturated rings. The zero-order chi connectivity index (χ0) is 17.7. The van der Waals surface area contributed by atoms with E-state index < -0.39 is 10.0 Å². The van der Waals surface area contributed by atoms with Gasteiger partial charge in [-0.05, 0) is 51.5 Å². The van der Waals surface area contributed by atoms with Crippen LogP contribution >= 0.6 is 0 Å². The van der Waals surface area contributed by atoms with Crippen molar-refractivity contribution in [3.8, 4) is 0 Å². The largest absolute Gasteiger partial charge is 0.354 e. The fourth-order valence-corrected chi connectivity index (χ4v) is 4.08. The van der Waals surface area contributed by atoms with Crippen LogP contribution in [0.5, 0.6) is 0 Å². The Hall–Kier alpha value is -1.38. The van der Waals surface area contributed by atoms with Crippen LogP contribution in [0.1, 0.15) is 47.9 Å². The van der Waals surface area contributed by atoms with E-state index >= 15 is 0 Å². The van der Waals surface area contributed by atoms with Crippen LogP contribution in [0.15, 0.2) is 12.1 Å². The van der Waals surface area contributed by atoms with Gasteiger partial charge in [-0.25, -0.2) is 13.1 Å². The number of aromatic nitrogens is 1. The van der Waals surface area contributed by atoms with E-state index in [1.54, 1.807) is 7.05 Å². The van der Waals surface area contributed by atoms with Crippen molar-refractivity contribution in [3.05, 3.63) is 23.5 Å². The topological polar surface area (TPSA) is 83.4 Å². The molecule has 2 heterocycles. The summed E-state index contributed by atoms with van der Waals surface area (Å²) in [5.41, 5.74) is 1.76. The monoisotopic (exact) mass is 356 g/mol. The number of nitrogens with zero attached hydrogens (tertiary/aromatic N) is 2. The maximum absolute atomic E-state index is 11.9. The van der Waals surface area contributed by atoms with E-state index in [2.05, 4.69) is 14.9 Å². The summed E-state index contributed by atoms with van der Waals surface area (Å²) < 4.78 is 27.5. The highest BCUT2D eigenvalue weighted by atomic mass is 32.2. The molecule has 8 heteroatoms. The van der Waals surface area contributed by atoms with Crippen molar-refractivity contribution >= 4 is 15.9 Å². The number of carbonyl (C=O) groups excluding carboxylic acids is 1. The van der Waals surface area contributed by atoms with Crippen LogP contribution in [0.3, 0.4) is 0 Å². The normalized spacial score (nSPS) is 19.4. The minimum Gasteiger partial charge on any atom is -0.354 e. The molecule has 1 aromatic heterocycles. The van der Waals surface area contributed by atoms with Crippen LogP contribution < -0.4 is 10.0 Å². The lowest BCUT2D eigenvalue weighted by Crippen LogP contribution is -2.36. The third-order valence-electron chi connectivity index (χ3n) is 4.74. The quantitative estimate of drug-likeness (QED) is 0.759. The molecular formula is C16H28N4O3S. The smallest absolute Gasteiger partial charge is 0.267 e. The van der Waals surface area contributed by atoms with Crippen LogP contribution in [0.2, 0.25) is 0 Å². The van der Waals surface area contributed by atoms with Crippen LogP contribution in [0.4, 0.5) is 0 Å². The highest BCUT2D eigenvalue weighted by Crippen LogP contribution is 2.31. The average molecular weight is 356 g/mol. The number of sulfonamides is 1. The van der Waals surface area contributed by atoms with Crippen molar-refractivity contribution < 1.29 is 13.2 Å². The van der Waals surface area contributed by atoms with Crippen molar-refractivity contribution in [2.24, 2.45) is 7.05 Å². The van der Waals surface area contributed by atoms with Crippen LogP contribution in [-0.2, 0) is 17.1 Å². The SMILES string of the molecule is CNC(=O)c1ccc(C2CCCCN2CCCS(=O)(=O)NC)n1C. The Balaban J connectivity index is 2.09. The van der Waals surface area contributed by atoms with Gasteiger partial charge in [-0.3, -0.25) is 9.69 Å². The van der Waals surface area contributed by atoms with Gasteiger partial charge in [0.15, 0.2) is 0 Å². The highest BCUT2D eigenvalue weighted by Gasteiger charge is 2.27. The summed E-state index contributed by atoms with van der Waals surface area (Å²) in [5, 5.41) is 2.66. The molecule has 24 heavy (non-hydrogen) atoms. The molecule has 0 spiro atoms. The number of piperidine rings is 1. The zero-order valence-corrected chi connectivity index (χ0v) is 15.5. The van der Waals surface area contributed by atoms with Gasteiger partial charge in [-0.2, -0.15) is 0 Å². The van der Waals surface area contributed by atoms with Crippen molar-refractivity contribution in [2.75, 3.05) is 32.9 Å². The Morgan fingerprint density at radius 1 is 1.29 bits per heavy atom. The second kappa shape index (κ2) is 8.13. The molecule has 1 aromatic rings. The summed E-state index contributed by atoms with van der Waals surface area (Å²) in [6, 6.07) is 4.10. The lowest BCUT2D eigenvalue weighted by atomic mass is 9.99. The van der Waals surface area contributed by atoms with E-state index in [9.17, 15) is 13.2 Å². The molecule has 1 unspecified atom stereocenters. The second-order valence-corrected chi connectivity index (χ2v) is 8.25. The molecule has 0 radical (unpaired) electrons. The molecule has 0 aromatic carbocycles. The second-order valence-electron chi connectivity index (χ2n) is 6.21. The molecular weight excluding hydrogens is 328 g/mol. The standard InChI is InChI=1S/C16H28N4O3S/c1-17-16(21)15-9-8-13(19(15)3)14-7-4-5-10-20(14)11-6-12-24(22,23)18-2/h8-9,14,18H,4-7,10-12H2,1-3H3,(H,17,21). The summed E-state index contributed by atoms with van der Waals surface area (Å²) in [7, 11) is 1.84. The summed E-state index contributed by atoms with van der Waals surface area (Å²) in [5.74, 6) is 0.0507. The summed E-state index contributed by atoms with van der Waals surface area (Å²) in [6.07, 6.45) is 3.91. The van der Waals surface area contributed by atoms with Crippen LogP contribution in [-0.4, -0.2) is 56.7 Å². The number of hydrogen-bond acceptors (Lipinski definition) is 4. The Bertz CT molecular complexity index is 669. The predicted molar refractivity (Wildman–Crippen MR) is 94.4 cm³/mol. The van der Waals surface area contributed by atoms with E-state index in [1.807, 2.05) is 23.7 Å². The minimum absolute atomic E-state index is 0.0915. The Labute approximate surface area is 144 Å². The Kier molecular flexibility index (Phi) is 6.42. The zero-order valence-electron chi connectivity index (χ0n) is 14.7. The number of likely N-dealkylation sites (tertiary alicyclic amines) is 1. The molecule has 1 atom stereocenters. The summed E-state index contributed by atoms with van der Waals surface area (Å²) in [6.45, 7) is 1.71. The van der Waals surface area contributed by atoms with Gasteiger partial charge in [-0.1, -0.05) is 6.42 Å². The van der Waals surface area contributed by atoms with Crippen molar-refractivity contribution in [2.45, 2.75) is 31.7 Å². The first-order chi connectivity index (χ1) is 11.4. The van der Waals surface area contributed by atoms with Gasteiger partial charge in [0.25, 0.3) is 5.91 Å². The predicted octanol–water partition coefficient (Wildman–Crippen LogP) is 0.851. The van der Waals surface area contributed by atoms with Gasteiger partial charge in [0, 0.05) is 19.8 Å². The van der Waals surface area contributed by atoms with E-state index in [4.69, 9.17) is 0 Å². The van der Waals surface area contributed by atoms with Crippen LogP contribution in [0, 0.1) is 0 Å². The molecule has 1 saturated heterocycles. The van der Waals surface area contributed by atoms with Crippen molar-refractivity contribution in [1.29, 1.82) is 0 Å². The molecule has 1 aliphatic heterocycles. The molecule has 136 valence electrons. The van der Waals surface area contributed by atoms with Gasteiger partial charge < -0.3 is 9.88 Å². The molecule has 2 rings (SSSR count). The lowest BCUT2D eigenvalue weighted by Gasteiger charge is -2.36. The number of nitrogens with one attached hydrogen (secondary N) is 2. The van der Waals surface area contributed by atoms with Crippen molar-refractivity contribution in [3.63, 3.8) is 0 Å². The van der Waals surface area contributed by atoms with Gasteiger partial charge in [-0.15, -0.1) is 0 Å². The van der Waals surface area contributed by atoms with Gasteiger partial charge in [0.05, 0.1) is 11.8 Å². The molecule has 1 aliphatic rings.